The van der Waals surface area contributed by atoms with Crippen LogP contribution in [-0.4, -0.2) is 30.1 Å². The molecule has 0 bridgehead atoms. The Hall–Kier alpha value is -2.50. The van der Waals surface area contributed by atoms with E-state index in [9.17, 15) is 9.59 Å². The van der Waals surface area contributed by atoms with Gasteiger partial charge in [0.1, 0.15) is 0 Å². The summed E-state index contributed by atoms with van der Waals surface area (Å²) in [6, 6.07) is 6.37. The maximum Gasteiger partial charge on any atom is 0.338 e. The second kappa shape index (κ2) is 7.17. The zero-order chi connectivity index (χ0) is 17.0. The fraction of sp³-hybridized carbons (Fsp3) is 0.412. The number of nitrogens with one attached hydrogen (secondary N) is 1. The summed E-state index contributed by atoms with van der Waals surface area (Å²) in [6.45, 7) is 6.36. The number of nitrogen functional groups attached to an aromatic ring is 1. The lowest BCUT2D eigenvalue weighted by Gasteiger charge is -2.35. The molecule has 2 rings (SSSR count). The Morgan fingerprint density at radius 2 is 1.96 bits per heavy atom. The van der Waals surface area contributed by atoms with Gasteiger partial charge in [0, 0.05) is 17.9 Å². The molecule has 0 saturated carbocycles. The molecule has 0 fully saturated rings. The van der Waals surface area contributed by atoms with Crippen molar-refractivity contribution in [3.63, 3.8) is 0 Å². The first-order valence-electron chi connectivity index (χ1n) is 7.80. The maximum atomic E-state index is 12.4. The Balaban J connectivity index is 2.48. The predicted molar refractivity (Wildman–Crippen MR) is 88.5 cm³/mol. The summed E-state index contributed by atoms with van der Waals surface area (Å²) in [7, 11) is 0. The van der Waals surface area contributed by atoms with E-state index < -0.39 is 12.0 Å². The number of rotatable bonds is 5. The van der Waals surface area contributed by atoms with Crippen molar-refractivity contribution >= 4 is 17.7 Å². The van der Waals surface area contributed by atoms with Crippen LogP contribution in [0.4, 0.5) is 10.5 Å². The van der Waals surface area contributed by atoms with Crippen LogP contribution in [0, 0.1) is 0 Å². The lowest BCUT2D eigenvalue weighted by Crippen LogP contribution is -2.48. The number of carbonyl (C=O) groups excluding carboxylic acids is 2. The van der Waals surface area contributed by atoms with Crippen LogP contribution in [0.3, 0.4) is 0 Å². The molecule has 0 aliphatic carbocycles. The molecule has 6 nitrogen and oxygen atoms in total. The number of hydrogen-bond acceptors (Lipinski definition) is 4. The largest absolute Gasteiger partial charge is 0.463 e. The highest BCUT2D eigenvalue weighted by Crippen LogP contribution is 2.31. The molecule has 1 unspecified atom stereocenters. The van der Waals surface area contributed by atoms with Crippen LogP contribution in [0.5, 0.6) is 0 Å². The summed E-state index contributed by atoms with van der Waals surface area (Å²) in [5.41, 5.74) is 8.24. The van der Waals surface area contributed by atoms with Crippen molar-refractivity contribution in [1.29, 1.82) is 0 Å². The molecule has 1 aliphatic heterocycles. The van der Waals surface area contributed by atoms with Gasteiger partial charge in [-0.25, -0.2) is 9.59 Å². The molecule has 1 heterocycles. The number of amides is 2. The fourth-order valence-corrected chi connectivity index (χ4v) is 2.69. The van der Waals surface area contributed by atoms with Crippen molar-refractivity contribution in [1.82, 2.24) is 10.2 Å². The Kier molecular flexibility index (Phi) is 5.26. The Morgan fingerprint density at radius 1 is 1.30 bits per heavy atom. The van der Waals surface area contributed by atoms with E-state index in [0.29, 0.717) is 23.5 Å². The lowest BCUT2D eigenvalue weighted by molar-refractivity contribution is -0.139. The van der Waals surface area contributed by atoms with Crippen molar-refractivity contribution in [2.45, 2.75) is 33.2 Å². The average molecular weight is 317 g/mol. The molecule has 1 aromatic rings. The zero-order valence-electron chi connectivity index (χ0n) is 13.8. The first-order chi connectivity index (χ1) is 11.0. The molecule has 0 spiro atoms. The number of carbonyl (C=O) groups is 2. The van der Waals surface area contributed by atoms with Crippen molar-refractivity contribution < 1.29 is 14.3 Å². The molecule has 0 saturated heterocycles. The second-order valence-corrected chi connectivity index (χ2v) is 5.42. The molecule has 2 amide bonds. The van der Waals surface area contributed by atoms with Crippen LogP contribution in [0.2, 0.25) is 0 Å². The summed E-state index contributed by atoms with van der Waals surface area (Å²) in [5, 5.41) is 2.89. The van der Waals surface area contributed by atoms with Gasteiger partial charge < -0.3 is 15.8 Å². The van der Waals surface area contributed by atoms with E-state index in [4.69, 9.17) is 10.5 Å². The number of nitrogens with zero attached hydrogens (tertiary/aromatic N) is 1. The van der Waals surface area contributed by atoms with Crippen LogP contribution >= 0.6 is 0 Å². The summed E-state index contributed by atoms with van der Waals surface area (Å²) in [5.74, 6) is -0.409. The summed E-state index contributed by atoms with van der Waals surface area (Å²) in [4.78, 5) is 26.4. The Labute approximate surface area is 136 Å². The van der Waals surface area contributed by atoms with Crippen LogP contribution in [0.15, 0.2) is 35.5 Å². The molecule has 0 aromatic heterocycles. The van der Waals surface area contributed by atoms with E-state index in [1.165, 1.54) is 0 Å². The van der Waals surface area contributed by atoms with E-state index in [-0.39, 0.29) is 12.6 Å². The molecule has 1 aliphatic rings. The minimum absolute atomic E-state index is 0.209. The van der Waals surface area contributed by atoms with E-state index in [2.05, 4.69) is 5.32 Å². The Morgan fingerprint density at radius 3 is 2.52 bits per heavy atom. The molecule has 0 radical (unpaired) electrons. The number of esters is 1. The van der Waals surface area contributed by atoms with E-state index in [1.54, 1.807) is 30.9 Å². The van der Waals surface area contributed by atoms with Gasteiger partial charge in [-0.1, -0.05) is 19.1 Å². The van der Waals surface area contributed by atoms with Crippen LogP contribution in [0.1, 0.15) is 38.8 Å². The average Bonchev–Trinajstić information content (AvgIpc) is 2.51. The number of allylic oxidation sites excluding steroid dienone is 1. The van der Waals surface area contributed by atoms with Gasteiger partial charge in [-0.15, -0.1) is 0 Å². The third-order valence-electron chi connectivity index (χ3n) is 3.81. The van der Waals surface area contributed by atoms with Gasteiger partial charge in [-0.3, -0.25) is 4.90 Å². The molecule has 23 heavy (non-hydrogen) atoms. The highest BCUT2D eigenvalue weighted by molar-refractivity contribution is 5.95. The van der Waals surface area contributed by atoms with Gasteiger partial charge in [0.15, 0.2) is 0 Å². The fourth-order valence-electron chi connectivity index (χ4n) is 2.69. The van der Waals surface area contributed by atoms with Crippen molar-refractivity contribution in [3.05, 3.63) is 41.1 Å². The van der Waals surface area contributed by atoms with Crippen molar-refractivity contribution in [2.75, 3.05) is 18.9 Å². The zero-order valence-corrected chi connectivity index (χ0v) is 13.8. The van der Waals surface area contributed by atoms with Gasteiger partial charge in [-0.2, -0.15) is 0 Å². The summed E-state index contributed by atoms with van der Waals surface area (Å²) < 4.78 is 5.19. The summed E-state index contributed by atoms with van der Waals surface area (Å²) >= 11 is 0. The third-order valence-corrected chi connectivity index (χ3v) is 3.81. The van der Waals surface area contributed by atoms with Crippen LogP contribution in [-0.2, 0) is 9.53 Å². The van der Waals surface area contributed by atoms with Gasteiger partial charge in [0.2, 0.25) is 0 Å². The van der Waals surface area contributed by atoms with E-state index in [1.807, 2.05) is 19.1 Å². The molecule has 6 heteroatoms. The van der Waals surface area contributed by atoms with Gasteiger partial charge in [-0.05, 0) is 38.0 Å². The number of benzene rings is 1. The monoisotopic (exact) mass is 317 g/mol. The second-order valence-electron chi connectivity index (χ2n) is 5.42. The SMILES string of the molecule is CCCN1C(=O)NC(c2ccc(N)cc2)C(C(=O)OCC)=C1C. The van der Waals surface area contributed by atoms with E-state index in [0.717, 1.165) is 12.0 Å². The highest BCUT2D eigenvalue weighted by atomic mass is 16.5. The topological polar surface area (TPSA) is 84.7 Å². The number of urea groups is 1. The molecule has 3 N–H and O–H groups in total. The smallest absolute Gasteiger partial charge is 0.338 e. The maximum absolute atomic E-state index is 12.4. The molecule has 1 aromatic carbocycles. The molecular weight excluding hydrogens is 294 g/mol. The minimum atomic E-state index is -0.532. The predicted octanol–water partition coefficient (Wildman–Crippen LogP) is 2.58. The summed E-state index contributed by atoms with van der Waals surface area (Å²) in [6.07, 6.45) is 0.799. The number of nitrogens with two attached hydrogens (primary N) is 1. The normalized spacial score (nSPS) is 18.0. The van der Waals surface area contributed by atoms with Crippen LogP contribution in [0.25, 0.3) is 0 Å². The standard InChI is InChI=1S/C17H23N3O3/c1-4-10-20-11(3)14(16(21)23-5-2)15(19-17(20)22)12-6-8-13(18)9-7-12/h6-9,15H,4-5,10,18H2,1-3H3,(H,19,22). The first kappa shape index (κ1) is 16.9. The molecule has 124 valence electrons. The number of hydrogen-bond donors (Lipinski definition) is 2. The highest BCUT2D eigenvalue weighted by Gasteiger charge is 2.35. The van der Waals surface area contributed by atoms with Gasteiger partial charge >= 0.3 is 12.0 Å². The van der Waals surface area contributed by atoms with Crippen LogP contribution < -0.4 is 11.1 Å². The lowest BCUT2D eigenvalue weighted by atomic mass is 9.94. The van der Waals surface area contributed by atoms with Crippen molar-refractivity contribution in [2.24, 2.45) is 0 Å². The quantitative estimate of drug-likeness (QED) is 0.646. The molecular formula is C17H23N3O3. The first-order valence-corrected chi connectivity index (χ1v) is 7.80. The number of anilines is 1. The van der Waals surface area contributed by atoms with Crippen molar-refractivity contribution in [3.8, 4) is 0 Å². The minimum Gasteiger partial charge on any atom is -0.463 e. The molecule has 1 atom stereocenters. The van der Waals surface area contributed by atoms with Gasteiger partial charge in [0.25, 0.3) is 0 Å². The third kappa shape index (κ3) is 3.47. The Bertz CT molecular complexity index is 622. The van der Waals surface area contributed by atoms with Gasteiger partial charge in [0.05, 0.1) is 18.2 Å². The van der Waals surface area contributed by atoms with E-state index >= 15 is 0 Å². The number of ether oxygens (including phenoxy) is 1.